The number of rotatable bonds is 8. The maximum atomic E-state index is 13.2. The number of aromatic nitrogens is 1. The van der Waals surface area contributed by atoms with E-state index in [2.05, 4.69) is 4.98 Å². The van der Waals surface area contributed by atoms with Gasteiger partial charge in [-0.1, -0.05) is 12.1 Å². The van der Waals surface area contributed by atoms with E-state index in [1.54, 1.807) is 25.3 Å². The zero-order valence-corrected chi connectivity index (χ0v) is 18.3. The van der Waals surface area contributed by atoms with Gasteiger partial charge in [-0.3, -0.25) is 14.4 Å². The van der Waals surface area contributed by atoms with E-state index in [9.17, 15) is 14.4 Å². The van der Waals surface area contributed by atoms with Crippen molar-refractivity contribution in [3.8, 4) is 5.75 Å². The second-order valence-electron chi connectivity index (χ2n) is 7.52. The van der Waals surface area contributed by atoms with Crippen LogP contribution in [0.3, 0.4) is 0 Å². The Morgan fingerprint density at radius 1 is 1.29 bits per heavy atom. The van der Waals surface area contributed by atoms with Crippen molar-refractivity contribution < 1.29 is 19.1 Å². The van der Waals surface area contributed by atoms with Gasteiger partial charge < -0.3 is 24.3 Å². The third kappa shape index (κ3) is 5.32. The highest BCUT2D eigenvalue weighted by Crippen LogP contribution is 2.22. The van der Waals surface area contributed by atoms with E-state index in [0.29, 0.717) is 51.4 Å². The number of carbonyl (C=O) groups is 2. The Labute approximate surface area is 181 Å². The lowest BCUT2D eigenvalue weighted by molar-refractivity contribution is -0.133. The Hall–Kier alpha value is -3.13. The highest BCUT2D eigenvalue weighted by Gasteiger charge is 2.28. The van der Waals surface area contributed by atoms with E-state index in [4.69, 9.17) is 9.47 Å². The molecule has 0 saturated carbocycles. The first-order valence-electron chi connectivity index (χ1n) is 10.4. The summed E-state index contributed by atoms with van der Waals surface area (Å²) in [4.78, 5) is 44.1. The molecule has 0 saturated heterocycles. The Morgan fingerprint density at radius 3 is 2.84 bits per heavy atom. The highest BCUT2D eigenvalue weighted by molar-refractivity contribution is 5.95. The molecule has 1 aromatic carbocycles. The van der Waals surface area contributed by atoms with Gasteiger partial charge in [-0.2, -0.15) is 0 Å². The summed E-state index contributed by atoms with van der Waals surface area (Å²) in [6, 6.07) is 7.47. The molecule has 1 N–H and O–H groups in total. The summed E-state index contributed by atoms with van der Waals surface area (Å²) in [5.41, 5.74) is 2.18. The van der Waals surface area contributed by atoms with Crippen LogP contribution in [0.2, 0.25) is 0 Å². The van der Waals surface area contributed by atoms with E-state index in [1.165, 1.54) is 4.90 Å². The summed E-state index contributed by atoms with van der Waals surface area (Å²) in [6.07, 6.45) is 2.40. The van der Waals surface area contributed by atoms with Gasteiger partial charge in [0.05, 0.1) is 20.1 Å². The number of H-pyrrole nitrogens is 1. The van der Waals surface area contributed by atoms with Crippen LogP contribution in [0.25, 0.3) is 0 Å². The number of carbonyl (C=O) groups excluding carboxylic acids is 2. The van der Waals surface area contributed by atoms with Gasteiger partial charge in [0.1, 0.15) is 11.3 Å². The van der Waals surface area contributed by atoms with E-state index in [0.717, 1.165) is 16.7 Å². The van der Waals surface area contributed by atoms with Crippen molar-refractivity contribution in [1.82, 2.24) is 14.8 Å². The molecule has 3 rings (SSSR count). The topological polar surface area (TPSA) is 91.9 Å². The molecule has 0 fully saturated rings. The molecule has 2 aromatic rings. The second-order valence-corrected chi connectivity index (χ2v) is 7.52. The molecule has 1 aliphatic heterocycles. The molecule has 0 spiro atoms. The van der Waals surface area contributed by atoms with E-state index >= 15 is 0 Å². The lowest BCUT2D eigenvalue weighted by atomic mass is 9.96. The summed E-state index contributed by atoms with van der Waals surface area (Å²) in [5.74, 6) is 0.382. The zero-order chi connectivity index (χ0) is 22.4. The molecule has 2 amide bonds. The Balaban J connectivity index is 1.76. The highest BCUT2D eigenvalue weighted by atomic mass is 16.5. The normalized spacial score (nSPS) is 12.9. The monoisotopic (exact) mass is 427 g/mol. The molecule has 2 heterocycles. The number of aromatic amines is 1. The number of ether oxygens (including phenoxy) is 2. The first-order valence-corrected chi connectivity index (χ1v) is 10.4. The number of nitrogens with zero attached hydrogens (tertiary/aromatic N) is 2. The van der Waals surface area contributed by atoms with Crippen molar-refractivity contribution in [3.05, 3.63) is 63.1 Å². The van der Waals surface area contributed by atoms with Crippen molar-refractivity contribution in [2.24, 2.45) is 0 Å². The van der Waals surface area contributed by atoms with Crippen LogP contribution in [0.1, 0.15) is 40.4 Å². The van der Waals surface area contributed by atoms with E-state index < -0.39 is 5.56 Å². The lowest BCUT2D eigenvalue weighted by Gasteiger charge is -2.30. The van der Waals surface area contributed by atoms with E-state index in [-0.39, 0.29) is 17.4 Å². The first kappa shape index (κ1) is 22.6. The second kappa shape index (κ2) is 10.3. The van der Waals surface area contributed by atoms with Crippen molar-refractivity contribution in [2.45, 2.75) is 32.9 Å². The minimum absolute atomic E-state index is 0.00770. The Bertz CT molecular complexity index is 1000. The van der Waals surface area contributed by atoms with Crippen molar-refractivity contribution in [2.75, 3.05) is 33.9 Å². The summed E-state index contributed by atoms with van der Waals surface area (Å²) in [7, 11) is 3.27. The third-order valence-electron chi connectivity index (χ3n) is 5.42. The van der Waals surface area contributed by atoms with E-state index in [1.807, 2.05) is 31.2 Å². The molecule has 0 bridgehead atoms. The first-order chi connectivity index (χ1) is 14.9. The quantitative estimate of drug-likeness (QED) is 0.651. The zero-order valence-electron chi connectivity index (χ0n) is 18.3. The molecule has 0 aliphatic carbocycles. The number of pyridine rings is 1. The number of methoxy groups -OCH3 is 1. The number of benzene rings is 1. The van der Waals surface area contributed by atoms with Gasteiger partial charge in [0.2, 0.25) is 5.91 Å². The molecule has 0 unspecified atom stereocenters. The van der Waals surface area contributed by atoms with Crippen LogP contribution < -0.4 is 10.3 Å². The van der Waals surface area contributed by atoms with Crippen LogP contribution in [0.5, 0.6) is 5.75 Å². The average molecular weight is 428 g/mol. The Morgan fingerprint density at radius 2 is 2.10 bits per heavy atom. The summed E-state index contributed by atoms with van der Waals surface area (Å²) >= 11 is 0. The number of amides is 2. The molecule has 166 valence electrons. The minimum Gasteiger partial charge on any atom is -0.497 e. The van der Waals surface area contributed by atoms with Crippen LogP contribution in [-0.4, -0.2) is 60.5 Å². The van der Waals surface area contributed by atoms with Crippen LogP contribution in [0.4, 0.5) is 0 Å². The largest absolute Gasteiger partial charge is 0.497 e. The molecule has 1 aromatic heterocycles. The number of fused-ring (bicyclic) bond motifs is 1. The van der Waals surface area contributed by atoms with Gasteiger partial charge in [0.15, 0.2) is 0 Å². The fraction of sp³-hybridized carbons (Fsp3) is 0.435. The predicted molar refractivity (Wildman–Crippen MR) is 116 cm³/mol. The lowest BCUT2D eigenvalue weighted by Crippen LogP contribution is -2.40. The molecule has 1 aliphatic rings. The van der Waals surface area contributed by atoms with Gasteiger partial charge in [0, 0.05) is 39.5 Å². The van der Waals surface area contributed by atoms with Crippen LogP contribution >= 0.6 is 0 Å². The molecule has 0 atom stereocenters. The predicted octanol–water partition coefficient (Wildman–Crippen LogP) is 1.97. The summed E-state index contributed by atoms with van der Waals surface area (Å²) in [5, 5.41) is 0. The fourth-order valence-electron chi connectivity index (χ4n) is 3.78. The van der Waals surface area contributed by atoms with Crippen molar-refractivity contribution >= 4 is 11.8 Å². The summed E-state index contributed by atoms with van der Waals surface area (Å²) < 4.78 is 10.5. The molecular weight excluding hydrogens is 398 g/mol. The molecular formula is C23H29N3O5. The molecule has 31 heavy (non-hydrogen) atoms. The third-order valence-corrected chi connectivity index (χ3v) is 5.42. The molecule has 8 nitrogen and oxygen atoms in total. The van der Waals surface area contributed by atoms with Crippen LogP contribution in [-0.2, 0) is 29.0 Å². The number of hydrogen-bond acceptors (Lipinski definition) is 5. The number of nitrogens with one attached hydrogen (secondary N) is 1. The molecule has 8 heteroatoms. The van der Waals surface area contributed by atoms with Crippen molar-refractivity contribution in [1.29, 1.82) is 0 Å². The van der Waals surface area contributed by atoms with Gasteiger partial charge in [-0.25, -0.2) is 0 Å². The standard InChI is InChI=1S/C23H29N3O5/c1-4-31-11-9-20(27)26-10-8-19-17(15-26)13-24-22(28)21(19)23(29)25(2)14-16-6-5-7-18(12-16)30-3/h5-7,12-13H,4,8-11,14-15H2,1-3H3,(H,24,28). The van der Waals surface area contributed by atoms with Gasteiger partial charge in [0.25, 0.3) is 11.5 Å². The minimum atomic E-state index is -0.405. The van der Waals surface area contributed by atoms with Crippen LogP contribution in [0.15, 0.2) is 35.3 Å². The number of hydrogen-bond donors (Lipinski definition) is 1. The summed E-state index contributed by atoms with van der Waals surface area (Å²) in [6.45, 7) is 4.05. The maximum absolute atomic E-state index is 13.2. The Kier molecular flexibility index (Phi) is 7.46. The fourth-order valence-corrected chi connectivity index (χ4v) is 3.78. The van der Waals surface area contributed by atoms with Gasteiger partial charge in [-0.15, -0.1) is 0 Å². The smallest absolute Gasteiger partial charge is 0.261 e. The van der Waals surface area contributed by atoms with Crippen LogP contribution in [0, 0.1) is 0 Å². The maximum Gasteiger partial charge on any atom is 0.261 e. The van der Waals surface area contributed by atoms with Gasteiger partial charge >= 0.3 is 0 Å². The molecule has 0 radical (unpaired) electrons. The van der Waals surface area contributed by atoms with Crippen molar-refractivity contribution in [3.63, 3.8) is 0 Å². The SMILES string of the molecule is CCOCCC(=O)N1CCc2c(c[nH]c(=O)c2C(=O)N(C)Cc2cccc(OC)c2)C1. The van der Waals surface area contributed by atoms with Gasteiger partial charge in [-0.05, 0) is 42.2 Å². The average Bonchev–Trinajstić information content (AvgIpc) is 2.78.